The minimum absolute atomic E-state index is 0.0144. The van der Waals surface area contributed by atoms with E-state index >= 15 is 0 Å². The largest absolute Gasteiger partial charge is 0.483 e. The molecular formula is C28H50O4S. The van der Waals surface area contributed by atoms with Crippen LogP contribution in [0.4, 0.5) is 0 Å². The Morgan fingerprint density at radius 3 is 1.67 bits per heavy atom. The molecule has 0 aromatic carbocycles. The molecule has 2 rings (SSSR count). The van der Waals surface area contributed by atoms with Crippen molar-refractivity contribution in [1.82, 2.24) is 0 Å². The summed E-state index contributed by atoms with van der Waals surface area (Å²) in [5.41, 5.74) is 0.132. The first-order valence-electron chi connectivity index (χ1n) is 13.3. The zero-order chi connectivity index (χ0) is 24.6. The van der Waals surface area contributed by atoms with Gasteiger partial charge in [0, 0.05) is 24.0 Å². The summed E-state index contributed by atoms with van der Waals surface area (Å²) in [6, 6.07) is 0. The van der Waals surface area contributed by atoms with Crippen LogP contribution in [0.25, 0.3) is 0 Å². The Bertz CT molecular complexity index is 709. The summed E-state index contributed by atoms with van der Waals surface area (Å²) in [6.45, 7) is 22.9. The quantitative estimate of drug-likeness (QED) is 0.211. The molecule has 1 aliphatic carbocycles. The lowest BCUT2D eigenvalue weighted by molar-refractivity contribution is 0.0451. The highest BCUT2D eigenvalue weighted by Gasteiger charge is 2.47. The van der Waals surface area contributed by atoms with Gasteiger partial charge in [0.25, 0.3) is 0 Å². The van der Waals surface area contributed by atoms with Gasteiger partial charge in [0.05, 0.1) is 23.0 Å². The van der Waals surface area contributed by atoms with Gasteiger partial charge in [-0.25, -0.2) is 0 Å². The van der Waals surface area contributed by atoms with Crippen LogP contribution >= 0.6 is 11.3 Å². The summed E-state index contributed by atoms with van der Waals surface area (Å²) in [7, 11) is 0. The Labute approximate surface area is 207 Å². The Hall–Kier alpha value is -0.780. The van der Waals surface area contributed by atoms with Crippen LogP contribution in [0.1, 0.15) is 111 Å². The molecule has 0 N–H and O–H groups in total. The van der Waals surface area contributed by atoms with Crippen molar-refractivity contribution >= 4 is 11.3 Å². The lowest BCUT2D eigenvalue weighted by atomic mass is 9.80. The standard InChI is InChI=1S/C28H50O4S/c1-10-16-29-18-20(5)31-23-24(32-21(6)19-30-17-11-2)26(28(9,13-4)22-14-15-22)33-25(23)27(7,8)12-3/h20-22H,10-19H2,1-9H3. The highest BCUT2D eigenvalue weighted by molar-refractivity contribution is 7.13. The van der Waals surface area contributed by atoms with Gasteiger partial charge in [-0.2, -0.15) is 0 Å². The molecule has 0 spiro atoms. The van der Waals surface area contributed by atoms with Crippen molar-refractivity contribution < 1.29 is 18.9 Å². The van der Waals surface area contributed by atoms with Crippen molar-refractivity contribution in [3.63, 3.8) is 0 Å². The average Bonchev–Trinajstić information content (AvgIpc) is 3.58. The molecule has 3 unspecified atom stereocenters. The molecule has 3 atom stereocenters. The molecule has 192 valence electrons. The smallest absolute Gasteiger partial charge is 0.176 e. The molecule has 1 aromatic rings. The van der Waals surface area contributed by atoms with Crippen LogP contribution < -0.4 is 9.47 Å². The van der Waals surface area contributed by atoms with Gasteiger partial charge in [-0.1, -0.05) is 48.5 Å². The van der Waals surface area contributed by atoms with Crippen LogP contribution in [-0.4, -0.2) is 38.6 Å². The topological polar surface area (TPSA) is 36.9 Å². The number of thiophene rings is 1. The first-order valence-corrected chi connectivity index (χ1v) is 14.1. The third kappa shape index (κ3) is 7.35. The molecule has 1 heterocycles. The maximum Gasteiger partial charge on any atom is 0.176 e. The van der Waals surface area contributed by atoms with E-state index in [0.717, 1.165) is 56.3 Å². The van der Waals surface area contributed by atoms with Crippen molar-refractivity contribution in [3.05, 3.63) is 9.75 Å². The van der Waals surface area contributed by atoms with E-state index in [0.29, 0.717) is 13.2 Å². The van der Waals surface area contributed by atoms with E-state index in [1.165, 1.54) is 22.6 Å². The van der Waals surface area contributed by atoms with Gasteiger partial charge in [0.1, 0.15) is 12.2 Å². The van der Waals surface area contributed by atoms with Gasteiger partial charge in [-0.3, -0.25) is 0 Å². The van der Waals surface area contributed by atoms with Crippen LogP contribution in [0.2, 0.25) is 0 Å². The Morgan fingerprint density at radius 2 is 1.27 bits per heavy atom. The van der Waals surface area contributed by atoms with E-state index in [1.54, 1.807) is 0 Å². The third-order valence-corrected chi connectivity index (χ3v) is 8.89. The van der Waals surface area contributed by atoms with Crippen LogP contribution in [0, 0.1) is 5.92 Å². The number of ether oxygens (including phenoxy) is 4. The Kier molecular flexibility index (Phi) is 11.0. The van der Waals surface area contributed by atoms with Crippen LogP contribution in [-0.2, 0) is 20.3 Å². The van der Waals surface area contributed by atoms with E-state index in [1.807, 2.05) is 11.3 Å². The molecule has 0 aliphatic heterocycles. The molecular weight excluding hydrogens is 432 g/mol. The average molecular weight is 483 g/mol. The zero-order valence-electron chi connectivity index (χ0n) is 22.8. The van der Waals surface area contributed by atoms with Crippen molar-refractivity contribution in [2.75, 3.05) is 26.4 Å². The highest BCUT2D eigenvalue weighted by atomic mass is 32.1. The van der Waals surface area contributed by atoms with Crippen molar-refractivity contribution in [3.8, 4) is 11.5 Å². The predicted octanol–water partition coefficient (Wildman–Crippen LogP) is 7.90. The summed E-state index contributed by atoms with van der Waals surface area (Å²) >= 11 is 1.93. The molecule has 1 saturated carbocycles. The number of hydrogen-bond donors (Lipinski definition) is 0. The second kappa shape index (κ2) is 12.8. The minimum atomic E-state index is -0.0341. The second-order valence-electron chi connectivity index (χ2n) is 10.7. The van der Waals surface area contributed by atoms with Crippen LogP contribution in [0.15, 0.2) is 0 Å². The predicted molar refractivity (Wildman–Crippen MR) is 140 cm³/mol. The molecule has 4 nitrogen and oxygen atoms in total. The van der Waals surface area contributed by atoms with Crippen LogP contribution in [0.5, 0.6) is 11.5 Å². The minimum Gasteiger partial charge on any atom is -0.483 e. The monoisotopic (exact) mass is 482 g/mol. The van der Waals surface area contributed by atoms with Gasteiger partial charge in [-0.15, -0.1) is 11.3 Å². The Balaban J connectivity index is 2.51. The van der Waals surface area contributed by atoms with Gasteiger partial charge < -0.3 is 18.9 Å². The van der Waals surface area contributed by atoms with E-state index < -0.39 is 0 Å². The van der Waals surface area contributed by atoms with E-state index in [2.05, 4.69) is 62.3 Å². The first-order chi connectivity index (χ1) is 15.6. The number of hydrogen-bond acceptors (Lipinski definition) is 5. The maximum absolute atomic E-state index is 6.72. The van der Waals surface area contributed by atoms with Crippen molar-refractivity contribution in [2.24, 2.45) is 5.92 Å². The molecule has 1 aliphatic rings. The van der Waals surface area contributed by atoms with Crippen molar-refractivity contribution in [1.29, 1.82) is 0 Å². The highest BCUT2D eigenvalue weighted by Crippen LogP contribution is 2.59. The Morgan fingerprint density at radius 1 is 0.788 bits per heavy atom. The fraction of sp³-hybridized carbons (Fsp3) is 0.857. The second-order valence-corrected chi connectivity index (χ2v) is 11.7. The summed E-state index contributed by atoms with van der Waals surface area (Å²) < 4.78 is 25.0. The van der Waals surface area contributed by atoms with Gasteiger partial charge in [0.15, 0.2) is 11.5 Å². The summed E-state index contributed by atoms with van der Waals surface area (Å²) in [6.07, 6.45) is 6.74. The van der Waals surface area contributed by atoms with E-state index in [-0.39, 0.29) is 23.0 Å². The SMILES string of the molecule is CCCOCC(C)Oc1c(C(C)(C)CC)sc(C(C)(CC)C2CC2)c1OC(C)COCCC. The summed E-state index contributed by atoms with van der Waals surface area (Å²) in [4.78, 5) is 2.67. The normalized spacial score (nSPS) is 18.1. The fourth-order valence-corrected chi connectivity index (χ4v) is 5.85. The molecule has 5 heteroatoms. The first kappa shape index (κ1) is 28.5. The fourth-order valence-electron chi connectivity index (χ4n) is 4.21. The molecule has 33 heavy (non-hydrogen) atoms. The lowest BCUT2D eigenvalue weighted by Crippen LogP contribution is -2.26. The molecule has 0 saturated heterocycles. The van der Waals surface area contributed by atoms with Gasteiger partial charge >= 0.3 is 0 Å². The molecule has 0 radical (unpaired) electrons. The zero-order valence-corrected chi connectivity index (χ0v) is 23.7. The lowest BCUT2D eigenvalue weighted by Gasteiger charge is -2.29. The van der Waals surface area contributed by atoms with Gasteiger partial charge in [-0.05, 0) is 58.3 Å². The number of rotatable bonds is 17. The third-order valence-electron chi connectivity index (χ3n) is 7.09. The molecule has 1 fully saturated rings. The van der Waals surface area contributed by atoms with Gasteiger partial charge in [0.2, 0.25) is 0 Å². The molecule has 1 aromatic heterocycles. The molecule has 0 amide bonds. The summed E-state index contributed by atoms with van der Waals surface area (Å²) in [5, 5.41) is 0. The van der Waals surface area contributed by atoms with Crippen LogP contribution in [0.3, 0.4) is 0 Å². The summed E-state index contributed by atoms with van der Waals surface area (Å²) in [5.74, 6) is 2.63. The maximum atomic E-state index is 6.72. The molecule has 0 bridgehead atoms. The van der Waals surface area contributed by atoms with Crippen molar-refractivity contribution in [2.45, 2.75) is 124 Å². The van der Waals surface area contributed by atoms with E-state index in [4.69, 9.17) is 18.9 Å². The van der Waals surface area contributed by atoms with E-state index in [9.17, 15) is 0 Å².